The maximum absolute atomic E-state index is 15.3. The van der Waals surface area contributed by atoms with E-state index < -0.39 is 57.1 Å². The van der Waals surface area contributed by atoms with E-state index in [0.29, 0.717) is 11.1 Å². The maximum Gasteiger partial charge on any atom is 0.410 e. The van der Waals surface area contributed by atoms with E-state index in [0.717, 1.165) is 6.07 Å². The average molecular weight is 695 g/mol. The van der Waals surface area contributed by atoms with Crippen LogP contribution in [0.4, 0.5) is 25.2 Å². The summed E-state index contributed by atoms with van der Waals surface area (Å²) in [6.07, 6.45) is -0.448. The Morgan fingerprint density at radius 1 is 1.14 bits per heavy atom. The normalized spacial score (nSPS) is 16.8. The number of rotatable bonds is 8. The topological polar surface area (TPSA) is 172 Å². The van der Waals surface area contributed by atoms with Crippen molar-refractivity contribution in [2.45, 2.75) is 70.6 Å². The molecule has 13 nitrogen and oxygen atoms in total. The first-order valence-corrected chi connectivity index (χ1v) is 17.1. The lowest BCUT2D eigenvalue weighted by Crippen LogP contribution is -2.51. The number of benzene rings is 2. The molecule has 4 aromatic rings. The molecule has 0 saturated carbocycles. The van der Waals surface area contributed by atoms with Crippen molar-refractivity contribution in [3.05, 3.63) is 76.0 Å². The number of hydrogen-bond donors (Lipinski definition) is 2. The number of halogens is 2. The van der Waals surface area contributed by atoms with E-state index in [1.807, 2.05) is 6.07 Å². The van der Waals surface area contributed by atoms with Gasteiger partial charge in [-0.05, 0) is 64.4 Å². The van der Waals surface area contributed by atoms with Crippen molar-refractivity contribution in [3.8, 4) is 17.3 Å². The number of amides is 1. The van der Waals surface area contributed by atoms with Gasteiger partial charge in [-0.1, -0.05) is 18.2 Å². The molecule has 1 fully saturated rings. The number of piperidine rings is 1. The fourth-order valence-corrected chi connectivity index (χ4v) is 6.59. The first-order valence-electron chi connectivity index (χ1n) is 15.5. The van der Waals surface area contributed by atoms with Gasteiger partial charge in [-0.15, -0.1) is 0 Å². The summed E-state index contributed by atoms with van der Waals surface area (Å²) in [4.78, 5) is 40.9. The molecule has 258 valence electrons. The molecule has 2 aromatic carbocycles. The number of nitrogens with one attached hydrogen (secondary N) is 2. The van der Waals surface area contributed by atoms with Crippen molar-refractivity contribution in [3.63, 3.8) is 0 Å². The van der Waals surface area contributed by atoms with Gasteiger partial charge >= 0.3 is 6.09 Å². The summed E-state index contributed by atoms with van der Waals surface area (Å²) in [6.45, 7) is 8.76. The van der Waals surface area contributed by atoms with Crippen molar-refractivity contribution < 1.29 is 26.7 Å². The fourth-order valence-electron chi connectivity index (χ4n) is 5.38. The molecule has 0 bridgehead atoms. The molecule has 49 heavy (non-hydrogen) atoms. The third-order valence-electron chi connectivity index (χ3n) is 7.48. The zero-order valence-electron chi connectivity index (χ0n) is 27.6. The molecule has 5 rings (SSSR count). The lowest BCUT2D eigenvalue weighted by atomic mass is 10.0. The van der Waals surface area contributed by atoms with E-state index in [-0.39, 0.29) is 53.6 Å². The first kappa shape index (κ1) is 35.1. The van der Waals surface area contributed by atoms with Crippen LogP contribution in [0.2, 0.25) is 0 Å². The number of anilines is 2. The van der Waals surface area contributed by atoms with Crippen LogP contribution in [0.5, 0.6) is 0 Å². The summed E-state index contributed by atoms with van der Waals surface area (Å²) in [5, 5.41) is 12.0. The number of alkyl halides is 1. The molecule has 0 spiro atoms. The second-order valence-corrected chi connectivity index (χ2v) is 14.8. The molecule has 2 N–H and O–H groups in total. The van der Waals surface area contributed by atoms with Crippen LogP contribution in [0.3, 0.4) is 0 Å². The van der Waals surface area contributed by atoms with Crippen LogP contribution in [0.25, 0.3) is 22.4 Å². The average Bonchev–Trinajstić information content (AvgIpc) is 3.00. The number of nitriles is 1. The predicted molar refractivity (Wildman–Crippen MR) is 180 cm³/mol. The van der Waals surface area contributed by atoms with E-state index >= 15 is 4.39 Å². The molecule has 1 aliphatic rings. The third kappa shape index (κ3) is 8.47. The highest BCUT2D eigenvalue weighted by atomic mass is 32.2. The van der Waals surface area contributed by atoms with Gasteiger partial charge in [0, 0.05) is 30.6 Å². The SMILES string of the molecule is CC(C)n1c(=O)c(-c2ccc(NS(=O)(=O)Cc3ccc(C#N)cc3)c(F)c2)nc2cnc(N[C@H]3C[C@H](F)CN(C(=O)OC(C)(C)C)C3)nc21. The number of carbonyl (C=O) groups excluding carboxylic acids is 1. The zero-order chi connectivity index (χ0) is 35.7. The van der Waals surface area contributed by atoms with Gasteiger partial charge in [-0.3, -0.25) is 14.1 Å². The number of sulfonamides is 1. The lowest BCUT2D eigenvalue weighted by Gasteiger charge is -2.36. The smallest absolute Gasteiger partial charge is 0.410 e. The van der Waals surface area contributed by atoms with Gasteiger partial charge in [-0.25, -0.2) is 32.0 Å². The summed E-state index contributed by atoms with van der Waals surface area (Å²) >= 11 is 0. The number of nitrogens with zero attached hydrogens (tertiary/aromatic N) is 6. The van der Waals surface area contributed by atoms with Crippen molar-refractivity contribution in [2.75, 3.05) is 23.1 Å². The molecule has 0 unspecified atom stereocenters. The van der Waals surface area contributed by atoms with Gasteiger partial charge in [0.1, 0.15) is 28.8 Å². The Labute approximate surface area is 282 Å². The van der Waals surface area contributed by atoms with E-state index in [9.17, 15) is 22.4 Å². The third-order valence-corrected chi connectivity index (χ3v) is 8.72. The highest BCUT2D eigenvalue weighted by Gasteiger charge is 2.33. The summed E-state index contributed by atoms with van der Waals surface area (Å²) in [6, 6.07) is 10.6. The molecule has 0 radical (unpaired) electrons. The Hall–Kier alpha value is -5.17. The second kappa shape index (κ2) is 13.7. The highest BCUT2D eigenvalue weighted by molar-refractivity contribution is 7.91. The Balaban J connectivity index is 1.39. The summed E-state index contributed by atoms with van der Waals surface area (Å²) < 4.78 is 64.4. The van der Waals surface area contributed by atoms with Crippen LogP contribution in [0.15, 0.2) is 53.5 Å². The quantitative estimate of drug-likeness (QED) is 0.251. The predicted octanol–water partition coefficient (Wildman–Crippen LogP) is 5.15. The van der Waals surface area contributed by atoms with Gasteiger partial charge in [0.05, 0.1) is 35.8 Å². The van der Waals surface area contributed by atoms with Gasteiger partial charge in [0.2, 0.25) is 16.0 Å². The summed E-state index contributed by atoms with van der Waals surface area (Å²) in [5.41, 5.74) is -0.422. The molecule has 16 heteroatoms. The number of likely N-dealkylation sites (tertiary alicyclic amines) is 1. The van der Waals surface area contributed by atoms with E-state index in [1.165, 1.54) is 52.1 Å². The summed E-state index contributed by atoms with van der Waals surface area (Å²) in [7, 11) is -4.02. The Bertz CT molecular complexity index is 2090. The van der Waals surface area contributed by atoms with Gasteiger partial charge in [0.15, 0.2) is 5.65 Å². The van der Waals surface area contributed by atoms with Crippen LogP contribution >= 0.6 is 0 Å². The monoisotopic (exact) mass is 694 g/mol. The maximum atomic E-state index is 15.3. The highest BCUT2D eigenvalue weighted by Crippen LogP contribution is 2.26. The fraction of sp³-hybridized carbons (Fsp3) is 0.394. The largest absolute Gasteiger partial charge is 0.444 e. The van der Waals surface area contributed by atoms with Crippen molar-refractivity contribution in [1.82, 2.24) is 24.4 Å². The number of aromatic nitrogens is 4. The standard InChI is InChI=1S/C33H36F2N8O5S/c1-19(2)43-29-27(15-37-31(40-29)38-24-13-23(34)16-42(17-24)32(45)48-33(3,4)5)39-28(30(43)44)22-10-11-26(25(35)12-22)41-49(46,47)18-21-8-6-20(14-36)7-9-21/h6-12,15,19,23-24,41H,13,16-18H2,1-5H3,(H,37,38,40)/t23-,24-/m0/s1. The molecule has 1 saturated heterocycles. The number of carbonyl (C=O) groups is 1. The molecule has 3 heterocycles. The molecule has 2 aromatic heterocycles. The van der Waals surface area contributed by atoms with E-state index in [2.05, 4.69) is 25.0 Å². The molecular weight excluding hydrogens is 658 g/mol. The number of ether oxygens (including phenoxy) is 1. The van der Waals surface area contributed by atoms with Crippen LogP contribution in [0.1, 0.15) is 58.2 Å². The second-order valence-electron chi connectivity index (χ2n) is 13.1. The Kier molecular flexibility index (Phi) is 9.86. The van der Waals surface area contributed by atoms with E-state index in [4.69, 9.17) is 10.00 Å². The Morgan fingerprint density at radius 3 is 2.49 bits per heavy atom. The van der Waals surface area contributed by atoms with E-state index in [1.54, 1.807) is 34.6 Å². The number of fused-ring (bicyclic) bond motifs is 1. The van der Waals surface area contributed by atoms with Crippen LogP contribution in [-0.2, 0) is 20.5 Å². The zero-order valence-corrected chi connectivity index (χ0v) is 28.4. The van der Waals surface area contributed by atoms with Crippen molar-refractivity contribution >= 4 is 38.9 Å². The van der Waals surface area contributed by atoms with Crippen LogP contribution in [-0.4, -0.2) is 69.8 Å². The minimum atomic E-state index is -4.02. The summed E-state index contributed by atoms with van der Waals surface area (Å²) in [5.74, 6) is -1.27. The molecule has 1 amide bonds. The number of hydrogen-bond acceptors (Lipinski definition) is 10. The molecule has 2 atom stereocenters. The Morgan fingerprint density at radius 2 is 1.86 bits per heavy atom. The molecule has 1 aliphatic heterocycles. The first-order chi connectivity index (χ1) is 23.0. The lowest BCUT2D eigenvalue weighted by molar-refractivity contribution is 0.0124. The van der Waals surface area contributed by atoms with Crippen LogP contribution in [0, 0.1) is 17.1 Å². The molecular formula is C33H36F2N8O5S. The minimum absolute atomic E-state index is 0.0992. The van der Waals surface area contributed by atoms with Gasteiger partial charge in [-0.2, -0.15) is 10.2 Å². The van der Waals surface area contributed by atoms with Crippen molar-refractivity contribution in [1.29, 1.82) is 5.26 Å². The van der Waals surface area contributed by atoms with Crippen molar-refractivity contribution in [2.24, 2.45) is 0 Å². The minimum Gasteiger partial charge on any atom is -0.444 e. The van der Waals surface area contributed by atoms with Gasteiger partial charge in [0.25, 0.3) is 5.56 Å². The van der Waals surface area contributed by atoms with Crippen LogP contribution < -0.4 is 15.6 Å². The molecule has 0 aliphatic carbocycles. The van der Waals surface area contributed by atoms with Gasteiger partial charge < -0.3 is 15.0 Å².